The van der Waals surface area contributed by atoms with Crippen LogP contribution in [-0.4, -0.2) is 11.7 Å². The molecule has 0 fully saturated rings. The largest absolute Gasteiger partial charge is 0.274 e. The third kappa shape index (κ3) is 3.87. The van der Waals surface area contributed by atoms with E-state index < -0.39 is 17.5 Å². The summed E-state index contributed by atoms with van der Waals surface area (Å²) in [4.78, 5) is 11.4. The molecule has 1 amide bonds. The monoisotopic (exact) mass is 242 g/mol. The molecule has 0 atom stereocenters. The van der Waals surface area contributed by atoms with Crippen molar-refractivity contribution in [2.75, 3.05) is 5.75 Å². The number of thioether (sulfide) groups is 1. The number of carbonyl (C=O) groups is 1. The smallest absolute Gasteiger partial charge is 0.233 e. The average Bonchev–Trinajstić information content (AvgIpc) is 2.24. The first-order valence-corrected chi connectivity index (χ1v) is 5.38. The Balaban J connectivity index is 2.41. The Kier molecular flexibility index (Phi) is 4.73. The minimum absolute atomic E-state index is 0.150. The molecule has 0 saturated heterocycles. The molecule has 1 rings (SSSR count). The van der Waals surface area contributed by atoms with Crippen LogP contribution in [0.5, 0.6) is 0 Å². The number of benzene rings is 1. The lowest BCUT2D eigenvalue weighted by atomic mass is 10.3. The van der Waals surface area contributed by atoms with Crippen molar-refractivity contribution in [1.82, 2.24) is 5.32 Å². The number of nitriles is 1. The van der Waals surface area contributed by atoms with Gasteiger partial charge in [-0.3, -0.25) is 10.1 Å². The van der Waals surface area contributed by atoms with E-state index in [2.05, 4.69) is 0 Å². The second kappa shape index (κ2) is 6.08. The van der Waals surface area contributed by atoms with Gasteiger partial charge in [0, 0.05) is 17.1 Å². The zero-order valence-corrected chi connectivity index (χ0v) is 8.98. The molecular weight excluding hydrogens is 234 g/mol. The molecule has 3 nitrogen and oxygen atoms in total. The van der Waals surface area contributed by atoms with Crippen LogP contribution < -0.4 is 5.32 Å². The van der Waals surface area contributed by atoms with Gasteiger partial charge in [-0.1, -0.05) is 0 Å². The second-order valence-electron chi connectivity index (χ2n) is 2.83. The Morgan fingerprint density at radius 3 is 2.81 bits per heavy atom. The molecule has 0 spiro atoms. The average molecular weight is 242 g/mol. The number of hydrogen-bond acceptors (Lipinski definition) is 3. The second-order valence-corrected chi connectivity index (χ2v) is 4.00. The van der Waals surface area contributed by atoms with E-state index in [-0.39, 0.29) is 6.42 Å². The van der Waals surface area contributed by atoms with Crippen LogP contribution in [0.4, 0.5) is 8.78 Å². The van der Waals surface area contributed by atoms with Crippen molar-refractivity contribution >= 4 is 17.7 Å². The number of amides is 1. The fraction of sp³-hybridized carbons (Fsp3) is 0.200. The molecule has 1 aromatic rings. The fourth-order valence-corrected chi connectivity index (χ4v) is 1.83. The summed E-state index contributed by atoms with van der Waals surface area (Å²) in [6.45, 7) is 0. The van der Waals surface area contributed by atoms with Crippen molar-refractivity contribution in [2.24, 2.45) is 0 Å². The maximum atomic E-state index is 12.8. The lowest BCUT2D eigenvalue weighted by molar-refractivity contribution is -0.119. The minimum Gasteiger partial charge on any atom is -0.274 e. The van der Waals surface area contributed by atoms with Gasteiger partial charge in [-0.15, -0.1) is 11.8 Å². The highest BCUT2D eigenvalue weighted by molar-refractivity contribution is 7.99. The molecule has 1 aromatic carbocycles. The van der Waals surface area contributed by atoms with Gasteiger partial charge in [-0.05, 0) is 18.2 Å². The molecule has 0 saturated carbocycles. The van der Waals surface area contributed by atoms with Crippen LogP contribution >= 0.6 is 11.8 Å². The Morgan fingerprint density at radius 1 is 1.44 bits per heavy atom. The van der Waals surface area contributed by atoms with Gasteiger partial charge >= 0.3 is 0 Å². The Labute approximate surface area is 95.4 Å². The van der Waals surface area contributed by atoms with Crippen molar-refractivity contribution < 1.29 is 13.6 Å². The molecule has 0 radical (unpaired) electrons. The molecular formula is C10H8F2N2OS. The molecule has 0 bridgehead atoms. The summed E-state index contributed by atoms with van der Waals surface area (Å²) >= 11 is 1.22. The molecule has 0 unspecified atom stereocenters. The molecule has 0 aliphatic carbocycles. The molecule has 0 aromatic heterocycles. The van der Waals surface area contributed by atoms with Crippen LogP contribution in [-0.2, 0) is 4.79 Å². The van der Waals surface area contributed by atoms with Gasteiger partial charge in [0.1, 0.15) is 0 Å². The molecule has 84 valence electrons. The van der Waals surface area contributed by atoms with Crippen LogP contribution in [0.25, 0.3) is 0 Å². The zero-order valence-electron chi connectivity index (χ0n) is 8.17. The van der Waals surface area contributed by atoms with E-state index in [0.29, 0.717) is 10.6 Å². The molecule has 0 aliphatic heterocycles. The van der Waals surface area contributed by atoms with Crippen molar-refractivity contribution in [3.05, 3.63) is 29.8 Å². The van der Waals surface area contributed by atoms with E-state index in [1.165, 1.54) is 24.0 Å². The highest BCUT2D eigenvalue weighted by Crippen LogP contribution is 2.20. The first-order valence-electron chi connectivity index (χ1n) is 4.39. The van der Waals surface area contributed by atoms with Crippen molar-refractivity contribution in [2.45, 2.75) is 11.3 Å². The predicted molar refractivity (Wildman–Crippen MR) is 55.5 cm³/mol. The quantitative estimate of drug-likeness (QED) is 0.499. The number of halogens is 2. The summed E-state index contributed by atoms with van der Waals surface area (Å²) in [5.74, 6) is -1.80. The summed E-state index contributed by atoms with van der Waals surface area (Å²) in [5.41, 5.74) is 0. The molecule has 0 heterocycles. The normalized spacial score (nSPS) is 9.56. The third-order valence-electron chi connectivity index (χ3n) is 1.68. The lowest BCUT2D eigenvalue weighted by Gasteiger charge is -2.01. The Hall–Kier alpha value is -1.61. The summed E-state index contributed by atoms with van der Waals surface area (Å²) in [6.07, 6.45) is 1.66. The van der Waals surface area contributed by atoms with Crippen LogP contribution in [0.15, 0.2) is 23.1 Å². The Bertz CT molecular complexity index is 431. The SMILES string of the molecule is N#CNC(=O)CCSc1ccc(F)c(F)c1. The van der Waals surface area contributed by atoms with E-state index in [1.807, 2.05) is 5.32 Å². The van der Waals surface area contributed by atoms with Crippen molar-refractivity contribution in [1.29, 1.82) is 5.26 Å². The van der Waals surface area contributed by atoms with Crippen molar-refractivity contribution in [3.8, 4) is 6.19 Å². The highest BCUT2D eigenvalue weighted by atomic mass is 32.2. The summed E-state index contributed by atoms with van der Waals surface area (Å²) in [5, 5.41) is 10.1. The minimum atomic E-state index is -0.911. The maximum absolute atomic E-state index is 12.8. The third-order valence-corrected chi connectivity index (χ3v) is 2.68. The van der Waals surface area contributed by atoms with E-state index in [1.54, 1.807) is 0 Å². The van der Waals surface area contributed by atoms with Gasteiger partial charge in [-0.25, -0.2) is 8.78 Å². The molecule has 0 aliphatic rings. The molecule has 1 N–H and O–H groups in total. The zero-order chi connectivity index (χ0) is 12.0. The van der Waals surface area contributed by atoms with Gasteiger partial charge in [-0.2, -0.15) is 5.26 Å². The van der Waals surface area contributed by atoms with Crippen LogP contribution in [0.3, 0.4) is 0 Å². The first-order chi connectivity index (χ1) is 7.63. The van der Waals surface area contributed by atoms with Crippen LogP contribution in [0.2, 0.25) is 0 Å². The number of hydrogen-bond donors (Lipinski definition) is 1. The fourth-order valence-electron chi connectivity index (χ4n) is 0.953. The van der Waals surface area contributed by atoms with E-state index >= 15 is 0 Å². The van der Waals surface area contributed by atoms with Gasteiger partial charge in [0.15, 0.2) is 17.8 Å². The summed E-state index contributed by atoms with van der Waals surface area (Å²) in [6, 6.07) is 3.54. The maximum Gasteiger partial charge on any atom is 0.233 e. The van der Waals surface area contributed by atoms with E-state index in [0.717, 1.165) is 12.1 Å². The predicted octanol–water partition coefficient (Wildman–Crippen LogP) is 2.04. The number of nitrogens with one attached hydrogen (secondary N) is 1. The van der Waals surface area contributed by atoms with Crippen LogP contribution in [0, 0.1) is 23.1 Å². The topological polar surface area (TPSA) is 52.9 Å². The highest BCUT2D eigenvalue weighted by Gasteiger charge is 2.04. The number of nitrogens with zero attached hydrogens (tertiary/aromatic N) is 1. The lowest BCUT2D eigenvalue weighted by Crippen LogP contribution is -2.17. The summed E-state index contributed by atoms with van der Waals surface area (Å²) in [7, 11) is 0. The van der Waals surface area contributed by atoms with E-state index in [4.69, 9.17) is 5.26 Å². The Morgan fingerprint density at radius 2 is 2.19 bits per heavy atom. The van der Waals surface area contributed by atoms with E-state index in [9.17, 15) is 13.6 Å². The summed E-state index contributed by atoms with van der Waals surface area (Å²) < 4.78 is 25.3. The van der Waals surface area contributed by atoms with Crippen LogP contribution in [0.1, 0.15) is 6.42 Å². The number of carbonyl (C=O) groups excluding carboxylic acids is 1. The first kappa shape index (κ1) is 12.5. The van der Waals surface area contributed by atoms with Gasteiger partial charge in [0.2, 0.25) is 5.91 Å². The molecule has 16 heavy (non-hydrogen) atoms. The van der Waals surface area contributed by atoms with Gasteiger partial charge in [0.25, 0.3) is 0 Å². The molecule has 6 heteroatoms. The standard InChI is InChI=1S/C10H8F2N2OS/c11-8-2-1-7(5-9(8)12)16-4-3-10(15)14-6-13/h1-2,5H,3-4H2,(H,14,15). The van der Waals surface area contributed by atoms with Crippen molar-refractivity contribution in [3.63, 3.8) is 0 Å². The van der Waals surface area contributed by atoms with Gasteiger partial charge < -0.3 is 0 Å². The number of rotatable bonds is 4. The van der Waals surface area contributed by atoms with Gasteiger partial charge in [0.05, 0.1) is 0 Å².